The molecule has 0 radical (unpaired) electrons. The number of nitrogens with one attached hydrogen (secondary N) is 1. The van der Waals surface area contributed by atoms with E-state index in [0.717, 1.165) is 30.1 Å². The van der Waals surface area contributed by atoms with Crippen LogP contribution in [0.5, 0.6) is 0 Å². The topological polar surface area (TPSA) is 32.3 Å². The Labute approximate surface area is 163 Å². The molecule has 1 aliphatic rings. The second-order valence-electron chi connectivity index (χ2n) is 8.18. The van der Waals surface area contributed by atoms with Crippen LogP contribution in [0, 0.1) is 19.8 Å². The molecule has 3 rings (SSSR count). The van der Waals surface area contributed by atoms with E-state index in [1.165, 1.54) is 29.7 Å². The van der Waals surface area contributed by atoms with Crippen LogP contribution < -0.4 is 10.2 Å². The predicted molar refractivity (Wildman–Crippen MR) is 113 cm³/mol. The normalized spacial score (nSPS) is 18.2. The average Bonchev–Trinajstić information content (AvgIpc) is 2.65. The monoisotopic (exact) mass is 364 g/mol. The van der Waals surface area contributed by atoms with E-state index in [1.54, 1.807) is 0 Å². The van der Waals surface area contributed by atoms with Gasteiger partial charge in [0.25, 0.3) is 0 Å². The zero-order valence-electron chi connectivity index (χ0n) is 17.1. The van der Waals surface area contributed by atoms with E-state index in [-0.39, 0.29) is 11.9 Å². The molecule has 0 bridgehead atoms. The van der Waals surface area contributed by atoms with Gasteiger partial charge in [-0.05, 0) is 68.4 Å². The number of benzene rings is 2. The molecule has 1 aliphatic heterocycles. The number of rotatable bonds is 5. The summed E-state index contributed by atoms with van der Waals surface area (Å²) in [6.45, 7) is 10.8. The van der Waals surface area contributed by atoms with Gasteiger partial charge in [0.2, 0.25) is 5.91 Å². The number of carbonyl (C=O) groups is 1. The summed E-state index contributed by atoms with van der Waals surface area (Å²) in [7, 11) is 0. The van der Waals surface area contributed by atoms with E-state index in [1.807, 2.05) is 0 Å². The van der Waals surface area contributed by atoms with Crippen molar-refractivity contribution in [3.8, 4) is 0 Å². The maximum Gasteiger partial charge on any atom is 0.224 e. The van der Waals surface area contributed by atoms with Gasteiger partial charge in [0.15, 0.2) is 0 Å². The zero-order chi connectivity index (χ0) is 19.4. The Morgan fingerprint density at radius 3 is 2.63 bits per heavy atom. The standard InChI is InChI=1S/C24H32N2O/c1-17-7-8-19(3)22(14-17)15-24(27)25-20(4)21-9-11-23(12-10-21)26-13-5-6-18(2)16-26/h7-12,14,18,20H,5-6,13,15-16H2,1-4H3,(H,25,27)/t18-,20+/m0/s1. The van der Waals surface area contributed by atoms with Gasteiger partial charge in [-0.3, -0.25) is 4.79 Å². The highest BCUT2D eigenvalue weighted by Crippen LogP contribution is 2.24. The van der Waals surface area contributed by atoms with Crippen LogP contribution in [-0.4, -0.2) is 19.0 Å². The molecule has 27 heavy (non-hydrogen) atoms. The first-order valence-corrected chi connectivity index (χ1v) is 10.1. The highest BCUT2D eigenvalue weighted by molar-refractivity contribution is 5.79. The van der Waals surface area contributed by atoms with Crippen LogP contribution in [0.25, 0.3) is 0 Å². The fraction of sp³-hybridized carbons (Fsp3) is 0.458. The number of piperidine rings is 1. The maximum absolute atomic E-state index is 12.5. The summed E-state index contributed by atoms with van der Waals surface area (Å²) in [5.41, 5.74) is 5.91. The van der Waals surface area contributed by atoms with Crippen LogP contribution in [0.3, 0.4) is 0 Å². The number of hydrogen-bond donors (Lipinski definition) is 1. The fourth-order valence-electron chi connectivity index (χ4n) is 3.94. The molecule has 3 heteroatoms. The molecule has 2 aromatic carbocycles. The lowest BCUT2D eigenvalue weighted by molar-refractivity contribution is -0.121. The summed E-state index contributed by atoms with van der Waals surface area (Å²) < 4.78 is 0. The van der Waals surface area contributed by atoms with E-state index in [0.29, 0.717) is 6.42 Å². The minimum Gasteiger partial charge on any atom is -0.371 e. The van der Waals surface area contributed by atoms with Gasteiger partial charge >= 0.3 is 0 Å². The Kier molecular flexibility index (Phi) is 6.20. The van der Waals surface area contributed by atoms with Gasteiger partial charge in [-0.1, -0.05) is 42.8 Å². The molecule has 0 aromatic heterocycles. The van der Waals surface area contributed by atoms with Crippen molar-refractivity contribution < 1.29 is 4.79 Å². The molecule has 1 fully saturated rings. The van der Waals surface area contributed by atoms with Crippen LogP contribution in [0.2, 0.25) is 0 Å². The molecular formula is C24H32N2O. The van der Waals surface area contributed by atoms with Crippen LogP contribution in [-0.2, 0) is 11.2 Å². The summed E-state index contributed by atoms with van der Waals surface area (Å²) in [5.74, 6) is 0.840. The van der Waals surface area contributed by atoms with E-state index in [9.17, 15) is 4.79 Å². The summed E-state index contributed by atoms with van der Waals surface area (Å²) >= 11 is 0. The summed E-state index contributed by atoms with van der Waals surface area (Å²) in [5, 5.41) is 3.14. The third kappa shape index (κ3) is 5.12. The number of amides is 1. The third-order valence-electron chi connectivity index (χ3n) is 5.65. The molecular weight excluding hydrogens is 332 g/mol. The number of carbonyl (C=O) groups excluding carboxylic acids is 1. The van der Waals surface area contributed by atoms with Crippen molar-refractivity contribution in [2.45, 2.75) is 53.0 Å². The average molecular weight is 365 g/mol. The second-order valence-corrected chi connectivity index (χ2v) is 8.18. The Balaban J connectivity index is 1.59. The summed E-state index contributed by atoms with van der Waals surface area (Å²) in [6.07, 6.45) is 3.04. The van der Waals surface area contributed by atoms with Gasteiger partial charge in [0.1, 0.15) is 0 Å². The quantitative estimate of drug-likeness (QED) is 0.813. The number of aryl methyl sites for hydroxylation is 2. The van der Waals surface area contributed by atoms with E-state index in [4.69, 9.17) is 0 Å². The molecule has 2 atom stereocenters. The maximum atomic E-state index is 12.5. The number of hydrogen-bond acceptors (Lipinski definition) is 2. The molecule has 0 saturated carbocycles. The SMILES string of the molecule is Cc1ccc(C)c(CC(=O)N[C@H](C)c2ccc(N3CCC[C@H](C)C3)cc2)c1. The molecule has 144 valence electrons. The van der Waals surface area contributed by atoms with Crippen molar-refractivity contribution >= 4 is 11.6 Å². The molecule has 1 N–H and O–H groups in total. The van der Waals surface area contributed by atoms with Crippen molar-refractivity contribution in [3.63, 3.8) is 0 Å². The van der Waals surface area contributed by atoms with E-state index < -0.39 is 0 Å². The largest absolute Gasteiger partial charge is 0.371 e. The van der Waals surface area contributed by atoms with Crippen molar-refractivity contribution in [1.29, 1.82) is 0 Å². The minimum absolute atomic E-state index is 0.0111. The lowest BCUT2D eigenvalue weighted by Gasteiger charge is -2.33. The first-order chi connectivity index (χ1) is 12.9. The van der Waals surface area contributed by atoms with Crippen LogP contribution in [0.1, 0.15) is 55.0 Å². The predicted octanol–water partition coefficient (Wildman–Crippen LogP) is 4.96. The Bertz CT molecular complexity index is 781. The zero-order valence-corrected chi connectivity index (χ0v) is 17.1. The van der Waals surface area contributed by atoms with Gasteiger partial charge in [0.05, 0.1) is 12.5 Å². The lowest BCUT2D eigenvalue weighted by Crippen LogP contribution is -2.34. The molecule has 1 saturated heterocycles. The van der Waals surface area contributed by atoms with Crippen molar-refractivity contribution in [2.24, 2.45) is 5.92 Å². The van der Waals surface area contributed by atoms with E-state index >= 15 is 0 Å². The Morgan fingerprint density at radius 1 is 1.19 bits per heavy atom. The first kappa shape index (κ1) is 19.5. The Hall–Kier alpha value is -2.29. The van der Waals surface area contributed by atoms with Crippen LogP contribution in [0.15, 0.2) is 42.5 Å². The fourth-order valence-corrected chi connectivity index (χ4v) is 3.94. The molecule has 3 nitrogen and oxygen atoms in total. The lowest BCUT2D eigenvalue weighted by atomic mass is 9.99. The van der Waals surface area contributed by atoms with Gasteiger partial charge < -0.3 is 10.2 Å². The van der Waals surface area contributed by atoms with Crippen LogP contribution >= 0.6 is 0 Å². The molecule has 0 spiro atoms. The highest BCUT2D eigenvalue weighted by atomic mass is 16.1. The highest BCUT2D eigenvalue weighted by Gasteiger charge is 2.17. The van der Waals surface area contributed by atoms with Gasteiger partial charge in [0, 0.05) is 18.8 Å². The van der Waals surface area contributed by atoms with Gasteiger partial charge in [-0.2, -0.15) is 0 Å². The van der Waals surface area contributed by atoms with Crippen molar-refractivity contribution in [1.82, 2.24) is 5.32 Å². The third-order valence-corrected chi connectivity index (χ3v) is 5.65. The number of anilines is 1. The smallest absolute Gasteiger partial charge is 0.224 e. The number of nitrogens with zero attached hydrogens (tertiary/aromatic N) is 1. The minimum atomic E-state index is 0.0111. The molecule has 1 heterocycles. The molecule has 2 aromatic rings. The van der Waals surface area contributed by atoms with Crippen molar-refractivity contribution in [3.05, 3.63) is 64.7 Å². The van der Waals surface area contributed by atoms with Crippen LogP contribution in [0.4, 0.5) is 5.69 Å². The van der Waals surface area contributed by atoms with Gasteiger partial charge in [-0.15, -0.1) is 0 Å². The second kappa shape index (κ2) is 8.60. The van der Waals surface area contributed by atoms with Crippen molar-refractivity contribution in [2.75, 3.05) is 18.0 Å². The molecule has 1 amide bonds. The first-order valence-electron chi connectivity index (χ1n) is 10.1. The van der Waals surface area contributed by atoms with Gasteiger partial charge in [-0.25, -0.2) is 0 Å². The summed E-state index contributed by atoms with van der Waals surface area (Å²) in [6, 6.07) is 15.0. The molecule has 0 aliphatic carbocycles. The Morgan fingerprint density at radius 2 is 1.93 bits per heavy atom. The summed E-state index contributed by atoms with van der Waals surface area (Å²) in [4.78, 5) is 15.0. The van der Waals surface area contributed by atoms with E-state index in [2.05, 4.69) is 80.4 Å². The molecule has 0 unspecified atom stereocenters.